The largest absolute Gasteiger partial charge is 0.310 e. The number of rotatable bonds is 7. The molecule has 0 aliphatic carbocycles. The van der Waals surface area contributed by atoms with Gasteiger partial charge in [-0.3, -0.25) is 0 Å². The predicted octanol–water partition coefficient (Wildman–Crippen LogP) is 15.2. The van der Waals surface area contributed by atoms with Crippen LogP contribution in [-0.4, -0.2) is 4.57 Å². The third kappa shape index (κ3) is 5.26. The summed E-state index contributed by atoms with van der Waals surface area (Å²) in [6.45, 7) is 0. The summed E-state index contributed by atoms with van der Waals surface area (Å²) in [5.74, 6) is 0. The van der Waals surface area contributed by atoms with Gasteiger partial charge in [0, 0.05) is 70.5 Å². The van der Waals surface area contributed by atoms with Crippen LogP contribution in [-0.2, 0) is 0 Å². The highest BCUT2D eigenvalue weighted by Crippen LogP contribution is 2.49. The van der Waals surface area contributed by atoms with Crippen molar-refractivity contribution in [2.24, 2.45) is 0 Å². The number of fused-ring (bicyclic) bond motifs is 7. The highest BCUT2D eigenvalue weighted by molar-refractivity contribution is 7.26. The Kier molecular flexibility index (Phi) is 7.68. The zero-order chi connectivity index (χ0) is 37.0. The van der Waals surface area contributed by atoms with Gasteiger partial charge in [-0.05, 0) is 96.4 Å². The van der Waals surface area contributed by atoms with Crippen LogP contribution >= 0.6 is 11.3 Å². The normalized spacial score (nSPS) is 11.6. The molecule has 0 aliphatic rings. The van der Waals surface area contributed by atoms with Crippen molar-refractivity contribution in [1.82, 2.24) is 4.57 Å². The van der Waals surface area contributed by atoms with Crippen molar-refractivity contribution in [2.45, 2.75) is 0 Å². The van der Waals surface area contributed by atoms with Gasteiger partial charge in [-0.1, -0.05) is 121 Å². The molecule has 4 heteroatoms. The van der Waals surface area contributed by atoms with Crippen molar-refractivity contribution in [1.29, 1.82) is 0 Å². The standard InChI is InChI=1S/C52H35N3S/c1-4-17-37(18-5-1)53(42-32-33-45-44-24-12-14-26-47(44)55(48(45)35-42)39-21-8-3-9-22-39)40-28-30-41(31-29-40)54(38-19-6-2-7-20-38)52-43-23-11-10-16-36(43)34-50-51(52)46-25-13-15-27-49(46)56-50/h1-35H. The zero-order valence-corrected chi connectivity index (χ0v) is 31.3. The molecule has 2 aromatic heterocycles. The minimum absolute atomic E-state index is 1.08. The monoisotopic (exact) mass is 733 g/mol. The summed E-state index contributed by atoms with van der Waals surface area (Å²) >= 11 is 1.87. The van der Waals surface area contributed by atoms with Gasteiger partial charge < -0.3 is 14.4 Å². The molecule has 0 atom stereocenters. The van der Waals surface area contributed by atoms with E-state index in [2.05, 4.69) is 227 Å². The maximum Gasteiger partial charge on any atom is 0.0633 e. The van der Waals surface area contributed by atoms with Crippen LogP contribution in [0.1, 0.15) is 0 Å². The summed E-state index contributed by atoms with van der Waals surface area (Å²) in [5.41, 5.74) is 10.2. The molecule has 11 aromatic rings. The van der Waals surface area contributed by atoms with Crippen molar-refractivity contribution in [3.05, 3.63) is 212 Å². The first-order chi connectivity index (χ1) is 27.8. The molecule has 0 N–H and O–H groups in total. The molecule has 3 nitrogen and oxygen atoms in total. The molecular formula is C52H35N3S. The molecule has 0 radical (unpaired) electrons. The van der Waals surface area contributed by atoms with Crippen molar-refractivity contribution in [3.63, 3.8) is 0 Å². The van der Waals surface area contributed by atoms with Gasteiger partial charge in [0.1, 0.15) is 0 Å². The molecule has 0 fully saturated rings. The molecule has 11 rings (SSSR count). The van der Waals surface area contributed by atoms with Crippen LogP contribution in [0.3, 0.4) is 0 Å². The van der Waals surface area contributed by atoms with Crippen molar-refractivity contribution in [2.75, 3.05) is 9.80 Å². The number of hydrogen-bond acceptors (Lipinski definition) is 3. The van der Waals surface area contributed by atoms with Crippen LogP contribution in [0, 0.1) is 0 Å². The van der Waals surface area contributed by atoms with Gasteiger partial charge in [-0.15, -0.1) is 11.3 Å². The third-order valence-electron chi connectivity index (χ3n) is 10.9. The Morgan fingerprint density at radius 1 is 0.339 bits per heavy atom. The molecule has 56 heavy (non-hydrogen) atoms. The SMILES string of the molecule is c1ccc(N(c2ccc(N(c3ccccc3)c3c4ccccc4cc4sc5ccccc5c34)cc2)c2ccc3c4ccccc4n(-c4ccccc4)c3c2)cc1. The predicted molar refractivity (Wildman–Crippen MR) is 241 cm³/mol. The van der Waals surface area contributed by atoms with E-state index in [9.17, 15) is 0 Å². The van der Waals surface area contributed by atoms with Gasteiger partial charge in [0.25, 0.3) is 0 Å². The Morgan fingerprint density at radius 2 is 0.857 bits per heavy atom. The quantitative estimate of drug-likeness (QED) is 0.162. The molecule has 0 saturated heterocycles. The van der Waals surface area contributed by atoms with Gasteiger partial charge in [0.15, 0.2) is 0 Å². The van der Waals surface area contributed by atoms with Crippen LogP contribution in [0.15, 0.2) is 212 Å². The molecule has 0 aliphatic heterocycles. The summed E-state index contributed by atoms with van der Waals surface area (Å²) in [6, 6.07) is 76.8. The van der Waals surface area contributed by atoms with E-state index in [1.165, 1.54) is 58.4 Å². The Hall–Kier alpha value is -7.14. The Labute approximate surface area is 329 Å². The van der Waals surface area contributed by atoms with E-state index in [0.29, 0.717) is 0 Å². The van der Waals surface area contributed by atoms with E-state index >= 15 is 0 Å². The summed E-state index contributed by atoms with van der Waals surface area (Å²) < 4.78 is 4.97. The van der Waals surface area contributed by atoms with Gasteiger partial charge >= 0.3 is 0 Å². The van der Waals surface area contributed by atoms with E-state index < -0.39 is 0 Å². The van der Waals surface area contributed by atoms with Crippen LogP contribution < -0.4 is 9.80 Å². The second kappa shape index (κ2) is 13.3. The second-order valence-corrected chi connectivity index (χ2v) is 15.2. The van der Waals surface area contributed by atoms with Gasteiger partial charge in [-0.2, -0.15) is 0 Å². The lowest BCUT2D eigenvalue weighted by atomic mass is 10.0. The van der Waals surface area contributed by atoms with Crippen LogP contribution in [0.4, 0.5) is 34.1 Å². The van der Waals surface area contributed by atoms with Crippen LogP contribution in [0.2, 0.25) is 0 Å². The number of benzene rings is 9. The molecular weight excluding hydrogens is 699 g/mol. The summed E-state index contributed by atoms with van der Waals surface area (Å²) in [4.78, 5) is 4.82. The topological polar surface area (TPSA) is 11.4 Å². The van der Waals surface area contributed by atoms with E-state index in [1.807, 2.05) is 11.3 Å². The fourth-order valence-corrected chi connectivity index (χ4v) is 9.63. The van der Waals surface area contributed by atoms with Crippen molar-refractivity contribution in [3.8, 4) is 5.69 Å². The van der Waals surface area contributed by atoms with E-state index in [4.69, 9.17) is 0 Å². The number of thiophene rings is 1. The fourth-order valence-electron chi connectivity index (χ4n) is 8.47. The van der Waals surface area contributed by atoms with Crippen LogP contribution in [0.25, 0.3) is 58.4 Å². The first-order valence-electron chi connectivity index (χ1n) is 19.0. The van der Waals surface area contributed by atoms with E-state index in [-0.39, 0.29) is 0 Å². The van der Waals surface area contributed by atoms with Gasteiger partial charge in [-0.25, -0.2) is 0 Å². The lowest BCUT2D eigenvalue weighted by Gasteiger charge is -2.29. The summed E-state index contributed by atoms with van der Waals surface area (Å²) in [5, 5.41) is 7.50. The molecule has 0 saturated carbocycles. The smallest absolute Gasteiger partial charge is 0.0633 e. The minimum atomic E-state index is 1.08. The lowest BCUT2D eigenvalue weighted by molar-refractivity contribution is 1.18. The van der Waals surface area contributed by atoms with Gasteiger partial charge in [0.05, 0.1) is 16.7 Å². The number of para-hydroxylation sites is 4. The first kappa shape index (κ1) is 32.3. The Balaban J connectivity index is 1.11. The molecule has 264 valence electrons. The number of anilines is 6. The molecule has 0 spiro atoms. The number of hydrogen-bond donors (Lipinski definition) is 0. The molecule has 2 heterocycles. The first-order valence-corrected chi connectivity index (χ1v) is 19.8. The number of aromatic nitrogens is 1. The lowest BCUT2D eigenvalue weighted by Crippen LogP contribution is -2.12. The zero-order valence-electron chi connectivity index (χ0n) is 30.5. The fraction of sp³-hybridized carbons (Fsp3) is 0. The highest BCUT2D eigenvalue weighted by atomic mass is 32.1. The second-order valence-electron chi connectivity index (χ2n) is 14.2. The Morgan fingerprint density at radius 3 is 1.59 bits per heavy atom. The van der Waals surface area contributed by atoms with E-state index in [0.717, 1.165) is 34.1 Å². The minimum Gasteiger partial charge on any atom is -0.310 e. The average Bonchev–Trinajstić information content (AvgIpc) is 3.80. The maximum absolute atomic E-state index is 2.45. The van der Waals surface area contributed by atoms with Gasteiger partial charge in [0.2, 0.25) is 0 Å². The Bertz CT molecular complexity index is 3180. The third-order valence-corrected chi connectivity index (χ3v) is 12.0. The molecule has 0 unspecified atom stereocenters. The van der Waals surface area contributed by atoms with E-state index in [1.54, 1.807) is 0 Å². The van der Waals surface area contributed by atoms with Crippen molar-refractivity contribution >= 4 is 98.2 Å². The molecule has 9 aromatic carbocycles. The summed E-state index contributed by atoms with van der Waals surface area (Å²) in [7, 11) is 0. The van der Waals surface area contributed by atoms with Crippen LogP contribution in [0.5, 0.6) is 0 Å². The molecule has 0 bridgehead atoms. The van der Waals surface area contributed by atoms with Crippen molar-refractivity contribution < 1.29 is 0 Å². The summed E-state index contributed by atoms with van der Waals surface area (Å²) in [6.07, 6.45) is 0. The highest BCUT2D eigenvalue weighted by Gasteiger charge is 2.23. The number of nitrogens with zero attached hydrogens (tertiary/aromatic N) is 3. The molecule has 0 amide bonds. The average molecular weight is 734 g/mol. The maximum atomic E-state index is 2.45.